The Morgan fingerprint density at radius 2 is 2.36 bits per heavy atom. The molecule has 2 fully saturated rings. The number of carbonyl (C=O) groups is 1. The maximum atomic E-state index is 12.5. The highest BCUT2D eigenvalue weighted by Gasteiger charge is 2.37. The number of amides is 1. The lowest BCUT2D eigenvalue weighted by atomic mass is 10.1. The molecule has 4 rings (SSSR count). The monoisotopic (exact) mass is 301 g/mol. The van der Waals surface area contributed by atoms with Crippen molar-refractivity contribution in [2.45, 2.75) is 31.5 Å². The van der Waals surface area contributed by atoms with Gasteiger partial charge < -0.3 is 10.1 Å². The average Bonchev–Trinajstić information content (AvgIpc) is 3.09. The molecule has 0 radical (unpaired) electrons. The average molecular weight is 301 g/mol. The van der Waals surface area contributed by atoms with E-state index in [9.17, 15) is 4.79 Å². The van der Waals surface area contributed by atoms with Crippen LogP contribution in [0.2, 0.25) is 0 Å². The van der Waals surface area contributed by atoms with Crippen LogP contribution in [0.4, 0.5) is 0 Å². The zero-order valence-corrected chi connectivity index (χ0v) is 12.5. The van der Waals surface area contributed by atoms with Gasteiger partial charge in [0.25, 0.3) is 5.91 Å². The van der Waals surface area contributed by atoms with Gasteiger partial charge in [-0.15, -0.1) is 0 Å². The van der Waals surface area contributed by atoms with E-state index < -0.39 is 0 Å². The number of aromatic nitrogens is 3. The van der Waals surface area contributed by atoms with Gasteiger partial charge in [0.2, 0.25) is 0 Å². The summed E-state index contributed by atoms with van der Waals surface area (Å²) < 4.78 is 7.27. The summed E-state index contributed by atoms with van der Waals surface area (Å²) in [7, 11) is 0. The summed E-state index contributed by atoms with van der Waals surface area (Å²) in [5.74, 6) is -0.120. The van der Waals surface area contributed by atoms with Crippen molar-refractivity contribution < 1.29 is 9.53 Å². The van der Waals surface area contributed by atoms with Crippen LogP contribution in [-0.4, -0.2) is 63.3 Å². The fraction of sp³-hybridized carbons (Fsp3) is 0.533. The van der Waals surface area contributed by atoms with Crippen LogP contribution in [0, 0.1) is 0 Å². The van der Waals surface area contributed by atoms with Crippen LogP contribution < -0.4 is 5.32 Å². The molecule has 0 unspecified atom stereocenters. The van der Waals surface area contributed by atoms with Crippen LogP contribution >= 0.6 is 0 Å². The van der Waals surface area contributed by atoms with E-state index in [2.05, 4.69) is 27.2 Å². The second kappa shape index (κ2) is 5.33. The highest BCUT2D eigenvalue weighted by atomic mass is 16.5. The fourth-order valence-corrected chi connectivity index (χ4v) is 3.39. The summed E-state index contributed by atoms with van der Waals surface area (Å²) >= 11 is 0. The Morgan fingerprint density at radius 1 is 1.45 bits per heavy atom. The van der Waals surface area contributed by atoms with E-state index in [1.54, 1.807) is 23.0 Å². The van der Waals surface area contributed by atoms with E-state index >= 15 is 0 Å². The Kier molecular flexibility index (Phi) is 3.31. The fourth-order valence-electron chi connectivity index (χ4n) is 3.39. The minimum Gasteiger partial charge on any atom is -0.376 e. The van der Waals surface area contributed by atoms with Gasteiger partial charge in [-0.25, -0.2) is 9.50 Å². The molecule has 1 N–H and O–H groups in total. The lowest BCUT2D eigenvalue weighted by molar-refractivity contribution is -0.0390. The van der Waals surface area contributed by atoms with Crippen LogP contribution in [-0.2, 0) is 4.74 Å². The molecule has 7 heteroatoms. The summed E-state index contributed by atoms with van der Waals surface area (Å²) in [6, 6.07) is 4.21. The molecule has 116 valence electrons. The lowest BCUT2D eigenvalue weighted by Crippen LogP contribution is -2.45. The molecular formula is C15H19N5O2. The molecule has 3 atom stereocenters. The maximum absolute atomic E-state index is 12.5. The number of fused-ring (bicyclic) bond motifs is 2. The minimum absolute atomic E-state index is 0.120. The Morgan fingerprint density at radius 3 is 3.27 bits per heavy atom. The van der Waals surface area contributed by atoms with Gasteiger partial charge in [0.15, 0.2) is 5.65 Å². The predicted molar refractivity (Wildman–Crippen MR) is 79.6 cm³/mol. The van der Waals surface area contributed by atoms with Crippen molar-refractivity contribution in [3.63, 3.8) is 0 Å². The zero-order valence-electron chi connectivity index (χ0n) is 12.5. The first-order valence-electron chi connectivity index (χ1n) is 7.66. The van der Waals surface area contributed by atoms with E-state index in [1.807, 2.05) is 6.07 Å². The third kappa shape index (κ3) is 2.36. The number of morpholine rings is 1. The van der Waals surface area contributed by atoms with Crippen molar-refractivity contribution in [2.75, 3.05) is 19.7 Å². The van der Waals surface area contributed by atoms with Crippen LogP contribution in [0.5, 0.6) is 0 Å². The van der Waals surface area contributed by atoms with Crippen LogP contribution in [0.3, 0.4) is 0 Å². The summed E-state index contributed by atoms with van der Waals surface area (Å²) in [5.41, 5.74) is 1.16. The van der Waals surface area contributed by atoms with Crippen molar-refractivity contribution in [1.82, 2.24) is 24.8 Å². The Bertz CT molecular complexity index is 700. The van der Waals surface area contributed by atoms with E-state index in [0.717, 1.165) is 26.1 Å². The number of ether oxygens (including phenoxy) is 1. The standard InChI is InChI=1S/C15H19N5O2/c1-10-7-19-8-11(5-12(19)9-22-10)18-15(21)13-6-16-14-3-2-4-17-20(13)14/h2-4,6,10-12H,5,7-9H2,1H3,(H,18,21)/t10-,11+,12-/m0/s1. The van der Waals surface area contributed by atoms with Crippen LogP contribution in [0.1, 0.15) is 23.8 Å². The molecule has 7 nitrogen and oxygen atoms in total. The van der Waals surface area contributed by atoms with Crippen molar-refractivity contribution in [3.05, 3.63) is 30.2 Å². The molecule has 0 bridgehead atoms. The van der Waals surface area contributed by atoms with Gasteiger partial charge in [-0.3, -0.25) is 9.69 Å². The number of imidazole rings is 1. The van der Waals surface area contributed by atoms with Crippen molar-refractivity contribution in [3.8, 4) is 0 Å². The summed E-state index contributed by atoms with van der Waals surface area (Å²) in [6.45, 7) is 4.67. The highest BCUT2D eigenvalue weighted by Crippen LogP contribution is 2.23. The number of hydrogen-bond acceptors (Lipinski definition) is 5. The van der Waals surface area contributed by atoms with Gasteiger partial charge in [-0.05, 0) is 25.5 Å². The van der Waals surface area contributed by atoms with Gasteiger partial charge in [-0.1, -0.05) is 0 Å². The topological polar surface area (TPSA) is 71.8 Å². The first kappa shape index (κ1) is 13.7. The molecule has 0 aromatic carbocycles. The molecule has 2 saturated heterocycles. The largest absolute Gasteiger partial charge is 0.376 e. The molecular weight excluding hydrogens is 282 g/mol. The van der Waals surface area contributed by atoms with E-state index in [1.165, 1.54) is 0 Å². The summed E-state index contributed by atoms with van der Waals surface area (Å²) in [6.07, 6.45) is 4.43. The summed E-state index contributed by atoms with van der Waals surface area (Å²) in [4.78, 5) is 19.1. The quantitative estimate of drug-likeness (QED) is 0.865. The second-order valence-corrected chi connectivity index (χ2v) is 6.09. The molecule has 0 saturated carbocycles. The van der Waals surface area contributed by atoms with Gasteiger partial charge in [0, 0.05) is 31.4 Å². The third-order valence-corrected chi connectivity index (χ3v) is 4.44. The van der Waals surface area contributed by atoms with Crippen molar-refractivity contribution >= 4 is 11.6 Å². The third-order valence-electron chi connectivity index (χ3n) is 4.44. The first-order chi connectivity index (χ1) is 10.7. The van der Waals surface area contributed by atoms with Gasteiger partial charge in [-0.2, -0.15) is 5.10 Å². The highest BCUT2D eigenvalue weighted by molar-refractivity contribution is 5.93. The predicted octanol–water partition coefficient (Wildman–Crippen LogP) is 0.321. The number of rotatable bonds is 2. The van der Waals surface area contributed by atoms with Crippen molar-refractivity contribution in [1.29, 1.82) is 0 Å². The van der Waals surface area contributed by atoms with Gasteiger partial charge in [0.05, 0.1) is 18.9 Å². The SMILES string of the molecule is C[C@H]1CN2C[C@H](NC(=O)c3cnc4cccnn34)C[C@H]2CO1. The molecule has 0 spiro atoms. The Balaban J connectivity index is 1.46. The van der Waals surface area contributed by atoms with Crippen LogP contribution in [0.25, 0.3) is 5.65 Å². The molecule has 2 aromatic rings. The van der Waals surface area contributed by atoms with Gasteiger partial charge in [0.1, 0.15) is 5.69 Å². The number of hydrogen-bond donors (Lipinski definition) is 1. The van der Waals surface area contributed by atoms with E-state index in [4.69, 9.17) is 4.74 Å². The van der Waals surface area contributed by atoms with Crippen molar-refractivity contribution in [2.24, 2.45) is 0 Å². The number of nitrogens with one attached hydrogen (secondary N) is 1. The zero-order chi connectivity index (χ0) is 15.1. The molecule has 2 aromatic heterocycles. The molecule has 22 heavy (non-hydrogen) atoms. The normalized spacial score (nSPS) is 28.7. The van der Waals surface area contributed by atoms with E-state index in [-0.39, 0.29) is 18.1 Å². The molecule has 4 heterocycles. The number of carbonyl (C=O) groups excluding carboxylic acids is 1. The summed E-state index contributed by atoms with van der Waals surface area (Å²) in [5, 5.41) is 7.29. The van der Waals surface area contributed by atoms with E-state index in [0.29, 0.717) is 17.4 Å². The first-order valence-corrected chi connectivity index (χ1v) is 7.66. The molecule has 2 aliphatic rings. The Hall–Kier alpha value is -1.99. The lowest BCUT2D eigenvalue weighted by Gasteiger charge is -2.33. The smallest absolute Gasteiger partial charge is 0.271 e. The number of nitrogens with zero attached hydrogens (tertiary/aromatic N) is 4. The Labute approximate surface area is 128 Å². The second-order valence-electron chi connectivity index (χ2n) is 6.09. The maximum Gasteiger partial charge on any atom is 0.271 e. The minimum atomic E-state index is -0.120. The molecule has 0 aliphatic carbocycles. The van der Waals surface area contributed by atoms with Gasteiger partial charge >= 0.3 is 0 Å². The molecule has 1 amide bonds. The van der Waals surface area contributed by atoms with Crippen LogP contribution in [0.15, 0.2) is 24.5 Å². The molecule has 2 aliphatic heterocycles.